The van der Waals surface area contributed by atoms with Crippen molar-refractivity contribution < 1.29 is 19.1 Å². The highest BCUT2D eigenvalue weighted by molar-refractivity contribution is 6.31. The summed E-state index contributed by atoms with van der Waals surface area (Å²) < 4.78 is 5.19. The van der Waals surface area contributed by atoms with Crippen molar-refractivity contribution in [3.8, 4) is 0 Å². The Bertz CT molecular complexity index is 911. The van der Waals surface area contributed by atoms with Gasteiger partial charge in [-0.05, 0) is 48.4 Å². The van der Waals surface area contributed by atoms with Gasteiger partial charge in [-0.3, -0.25) is 9.59 Å². The molecule has 1 heterocycles. The van der Waals surface area contributed by atoms with E-state index in [4.69, 9.17) is 16.3 Å². The lowest BCUT2D eigenvalue weighted by molar-refractivity contribution is -0.122. The highest BCUT2D eigenvalue weighted by atomic mass is 35.5. The standard InChI is InChI=1S/C22H23ClN2O4/c1-14(2)13-29-22(28)15-6-8-18(9-7-15)24-21(27)16-10-20(26)25(12-16)19-5-3-4-17(23)11-19/h3-9,11,14,16H,10,12-13H2,1-2H3,(H,24,27)/t16-/m1/s1. The zero-order chi connectivity index (χ0) is 21.0. The van der Waals surface area contributed by atoms with Crippen LogP contribution in [0.1, 0.15) is 30.6 Å². The average molecular weight is 415 g/mol. The molecule has 1 aliphatic rings. The minimum Gasteiger partial charge on any atom is -0.462 e. The number of carbonyl (C=O) groups excluding carboxylic acids is 3. The van der Waals surface area contributed by atoms with Crippen LogP contribution in [-0.2, 0) is 14.3 Å². The number of halogens is 1. The zero-order valence-electron chi connectivity index (χ0n) is 16.4. The predicted octanol–water partition coefficient (Wildman–Crippen LogP) is 4.14. The fourth-order valence-electron chi connectivity index (χ4n) is 3.04. The summed E-state index contributed by atoms with van der Waals surface area (Å²) in [6, 6.07) is 13.5. The van der Waals surface area contributed by atoms with E-state index in [9.17, 15) is 14.4 Å². The Balaban J connectivity index is 1.59. The van der Waals surface area contributed by atoms with Crippen LogP contribution >= 0.6 is 11.6 Å². The van der Waals surface area contributed by atoms with Crippen molar-refractivity contribution in [2.75, 3.05) is 23.4 Å². The molecule has 1 N–H and O–H groups in total. The van der Waals surface area contributed by atoms with Crippen molar-refractivity contribution in [1.82, 2.24) is 0 Å². The molecule has 0 radical (unpaired) electrons. The van der Waals surface area contributed by atoms with Crippen LogP contribution < -0.4 is 10.2 Å². The van der Waals surface area contributed by atoms with Gasteiger partial charge in [-0.15, -0.1) is 0 Å². The van der Waals surface area contributed by atoms with Gasteiger partial charge >= 0.3 is 5.97 Å². The third-order valence-electron chi connectivity index (χ3n) is 4.55. The summed E-state index contributed by atoms with van der Waals surface area (Å²) in [5, 5.41) is 3.35. The summed E-state index contributed by atoms with van der Waals surface area (Å²) in [6.45, 7) is 4.58. The molecular weight excluding hydrogens is 392 g/mol. The van der Waals surface area contributed by atoms with E-state index in [1.54, 1.807) is 53.4 Å². The topological polar surface area (TPSA) is 75.7 Å². The van der Waals surface area contributed by atoms with Gasteiger partial charge in [0.05, 0.1) is 18.1 Å². The zero-order valence-corrected chi connectivity index (χ0v) is 17.1. The Morgan fingerprint density at radius 2 is 1.93 bits per heavy atom. The molecule has 3 rings (SSSR count). The van der Waals surface area contributed by atoms with Gasteiger partial charge < -0.3 is 15.0 Å². The number of nitrogens with zero attached hydrogens (tertiary/aromatic N) is 1. The molecule has 2 aromatic carbocycles. The molecule has 0 saturated carbocycles. The fourth-order valence-corrected chi connectivity index (χ4v) is 3.22. The maximum Gasteiger partial charge on any atom is 0.338 e. The quantitative estimate of drug-likeness (QED) is 0.720. The second-order valence-corrected chi connectivity index (χ2v) is 7.88. The molecular formula is C22H23ClN2O4. The van der Waals surface area contributed by atoms with E-state index < -0.39 is 11.9 Å². The lowest BCUT2D eigenvalue weighted by Crippen LogP contribution is -2.28. The van der Waals surface area contributed by atoms with Crippen LogP contribution in [0.3, 0.4) is 0 Å². The first-order chi connectivity index (χ1) is 13.8. The Morgan fingerprint density at radius 1 is 1.21 bits per heavy atom. The maximum atomic E-state index is 12.6. The molecule has 0 aliphatic carbocycles. The van der Waals surface area contributed by atoms with E-state index in [0.717, 1.165) is 0 Å². The molecule has 2 aromatic rings. The Hall–Kier alpha value is -2.86. The summed E-state index contributed by atoms with van der Waals surface area (Å²) >= 11 is 6.00. The van der Waals surface area contributed by atoms with Crippen LogP contribution in [0.15, 0.2) is 48.5 Å². The van der Waals surface area contributed by atoms with Gasteiger partial charge in [0.15, 0.2) is 0 Å². The van der Waals surface area contributed by atoms with Gasteiger partial charge in [0.1, 0.15) is 0 Å². The molecule has 6 nitrogen and oxygen atoms in total. The van der Waals surface area contributed by atoms with E-state index in [-0.39, 0.29) is 24.2 Å². The van der Waals surface area contributed by atoms with E-state index in [1.807, 2.05) is 13.8 Å². The third-order valence-corrected chi connectivity index (χ3v) is 4.79. The first-order valence-corrected chi connectivity index (χ1v) is 9.85. The predicted molar refractivity (Wildman–Crippen MR) is 112 cm³/mol. The second-order valence-electron chi connectivity index (χ2n) is 7.44. The molecule has 0 bridgehead atoms. The monoisotopic (exact) mass is 414 g/mol. The van der Waals surface area contributed by atoms with E-state index in [2.05, 4.69) is 5.32 Å². The third kappa shape index (κ3) is 5.35. The van der Waals surface area contributed by atoms with Crippen LogP contribution in [0.25, 0.3) is 0 Å². The maximum absolute atomic E-state index is 12.6. The van der Waals surface area contributed by atoms with Crippen LogP contribution in [-0.4, -0.2) is 30.9 Å². The van der Waals surface area contributed by atoms with Crippen LogP contribution in [0.4, 0.5) is 11.4 Å². The molecule has 7 heteroatoms. The molecule has 29 heavy (non-hydrogen) atoms. The number of esters is 1. The average Bonchev–Trinajstić information content (AvgIpc) is 3.08. The van der Waals surface area contributed by atoms with Crippen molar-refractivity contribution in [2.45, 2.75) is 20.3 Å². The van der Waals surface area contributed by atoms with Gasteiger partial charge in [-0.2, -0.15) is 0 Å². The SMILES string of the molecule is CC(C)COC(=O)c1ccc(NC(=O)[C@@H]2CC(=O)N(c3cccc(Cl)c3)C2)cc1. The minimum atomic E-state index is -0.461. The molecule has 152 valence electrons. The number of amides is 2. The Labute approximate surface area is 174 Å². The Kier molecular flexibility index (Phi) is 6.54. The molecule has 0 unspecified atom stereocenters. The number of carbonyl (C=O) groups is 3. The van der Waals surface area contributed by atoms with Crippen LogP contribution in [0.2, 0.25) is 5.02 Å². The number of hydrogen-bond acceptors (Lipinski definition) is 4. The summed E-state index contributed by atoms with van der Waals surface area (Å²) in [6.07, 6.45) is 0.137. The molecule has 1 fully saturated rings. The molecule has 0 spiro atoms. The molecule has 1 saturated heterocycles. The largest absolute Gasteiger partial charge is 0.462 e. The molecule has 1 aliphatic heterocycles. The normalized spacial score (nSPS) is 16.2. The van der Waals surface area contributed by atoms with E-state index >= 15 is 0 Å². The smallest absolute Gasteiger partial charge is 0.338 e. The number of hydrogen-bond donors (Lipinski definition) is 1. The minimum absolute atomic E-state index is 0.115. The number of nitrogens with one attached hydrogen (secondary N) is 1. The number of benzene rings is 2. The van der Waals surface area contributed by atoms with Crippen molar-refractivity contribution in [1.29, 1.82) is 0 Å². The fraction of sp³-hybridized carbons (Fsp3) is 0.318. The van der Waals surface area contributed by atoms with Gasteiger partial charge in [0.25, 0.3) is 0 Å². The van der Waals surface area contributed by atoms with Gasteiger partial charge in [0, 0.05) is 29.4 Å². The van der Waals surface area contributed by atoms with Crippen molar-refractivity contribution in [2.24, 2.45) is 11.8 Å². The van der Waals surface area contributed by atoms with E-state index in [1.165, 1.54) is 0 Å². The number of ether oxygens (including phenoxy) is 1. The summed E-state index contributed by atoms with van der Waals surface area (Å²) in [5.74, 6) is -0.945. The van der Waals surface area contributed by atoms with Gasteiger partial charge in [-0.25, -0.2) is 4.79 Å². The number of anilines is 2. The van der Waals surface area contributed by atoms with Crippen molar-refractivity contribution in [3.63, 3.8) is 0 Å². The van der Waals surface area contributed by atoms with Crippen molar-refractivity contribution in [3.05, 3.63) is 59.1 Å². The van der Waals surface area contributed by atoms with Crippen molar-refractivity contribution >= 4 is 40.8 Å². The molecule has 1 atom stereocenters. The van der Waals surface area contributed by atoms with Crippen LogP contribution in [0, 0.1) is 11.8 Å². The Morgan fingerprint density at radius 3 is 2.59 bits per heavy atom. The van der Waals surface area contributed by atoms with Crippen LogP contribution in [0.5, 0.6) is 0 Å². The lowest BCUT2D eigenvalue weighted by atomic mass is 10.1. The first kappa shape index (κ1) is 20.9. The van der Waals surface area contributed by atoms with E-state index in [0.29, 0.717) is 35.1 Å². The summed E-state index contributed by atoms with van der Waals surface area (Å²) in [5.41, 5.74) is 1.66. The summed E-state index contributed by atoms with van der Waals surface area (Å²) in [4.78, 5) is 38.5. The second kappa shape index (κ2) is 9.09. The molecule has 0 aromatic heterocycles. The van der Waals surface area contributed by atoms with Gasteiger partial charge in [-0.1, -0.05) is 31.5 Å². The number of rotatable bonds is 6. The summed E-state index contributed by atoms with van der Waals surface area (Å²) in [7, 11) is 0. The first-order valence-electron chi connectivity index (χ1n) is 9.47. The molecule has 2 amide bonds. The van der Waals surface area contributed by atoms with Gasteiger partial charge in [0.2, 0.25) is 11.8 Å². The lowest BCUT2D eigenvalue weighted by Gasteiger charge is -2.17. The highest BCUT2D eigenvalue weighted by Crippen LogP contribution is 2.28. The highest BCUT2D eigenvalue weighted by Gasteiger charge is 2.35.